The summed E-state index contributed by atoms with van der Waals surface area (Å²) in [6.45, 7) is 9.95. The van der Waals surface area contributed by atoms with Crippen molar-refractivity contribution < 1.29 is 0 Å². The van der Waals surface area contributed by atoms with Crippen LogP contribution in [0.1, 0.15) is 27.2 Å². The maximum atomic E-state index is 6.00. The summed E-state index contributed by atoms with van der Waals surface area (Å²) in [6, 6.07) is 0. The molecule has 13 heavy (non-hydrogen) atoms. The molecule has 1 rings (SSSR count). The fraction of sp³-hybridized carbons (Fsp3) is 1.00. The van der Waals surface area contributed by atoms with E-state index < -0.39 is 0 Å². The normalized spacial score (nSPS) is 26.3. The summed E-state index contributed by atoms with van der Waals surface area (Å²) >= 11 is 2.11. The van der Waals surface area contributed by atoms with Gasteiger partial charge in [-0.3, -0.25) is 4.90 Å². The van der Waals surface area contributed by atoms with Gasteiger partial charge < -0.3 is 5.73 Å². The Morgan fingerprint density at radius 1 is 1.54 bits per heavy atom. The van der Waals surface area contributed by atoms with Gasteiger partial charge in [0.15, 0.2) is 0 Å². The van der Waals surface area contributed by atoms with Gasteiger partial charge in [-0.05, 0) is 20.3 Å². The first-order valence-corrected chi connectivity index (χ1v) is 6.19. The Morgan fingerprint density at radius 3 is 2.77 bits per heavy atom. The molecule has 0 aromatic heterocycles. The number of nitrogens with two attached hydrogens (primary N) is 1. The number of hydrogen-bond donors (Lipinski definition) is 1. The van der Waals surface area contributed by atoms with Crippen LogP contribution in [0.4, 0.5) is 0 Å². The van der Waals surface area contributed by atoms with Crippen LogP contribution in [0.15, 0.2) is 0 Å². The zero-order valence-electron chi connectivity index (χ0n) is 9.05. The van der Waals surface area contributed by atoms with Gasteiger partial charge >= 0.3 is 0 Å². The Labute approximate surface area is 86.2 Å². The van der Waals surface area contributed by atoms with Crippen LogP contribution < -0.4 is 5.73 Å². The molecule has 0 amide bonds. The summed E-state index contributed by atoms with van der Waals surface area (Å²) in [4.78, 5) is 2.50. The molecule has 1 saturated heterocycles. The molecule has 78 valence electrons. The van der Waals surface area contributed by atoms with E-state index in [-0.39, 0.29) is 5.54 Å². The second-order valence-electron chi connectivity index (χ2n) is 4.62. The van der Waals surface area contributed by atoms with Crippen molar-refractivity contribution in [2.24, 2.45) is 5.73 Å². The highest BCUT2D eigenvalue weighted by Gasteiger charge is 2.22. The van der Waals surface area contributed by atoms with Gasteiger partial charge in [0.25, 0.3) is 0 Å². The van der Waals surface area contributed by atoms with Gasteiger partial charge in [0.1, 0.15) is 0 Å². The smallest absolute Gasteiger partial charge is 0.0226 e. The van der Waals surface area contributed by atoms with Crippen LogP contribution in [0, 0.1) is 0 Å². The largest absolute Gasteiger partial charge is 0.324 e. The molecule has 1 fully saturated rings. The van der Waals surface area contributed by atoms with Crippen molar-refractivity contribution in [3.63, 3.8) is 0 Å². The predicted octanol–water partition coefficient (Wildman–Crippen LogP) is 1.55. The van der Waals surface area contributed by atoms with Crippen molar-refractivity contribution in [3.8, 4) is 0 Å². The molecule has 1 aliphatic heterocycles. The molecule has 1 aliphatic rings. The molecule has 1 atom stereocenters. The van der Waals surface area contributed by atoms with Crippen LogP contribution in [0.2, 0.25) is 0 Å². The van der Waals surface area contributed by atoms with E-state index in [9.17, 15) is 0 Å². The standard InChI is InChI=1S/C10H22N2S/c1-4-9-7-12(5-6-13-9)8-10(2,3)11/h9H,4-8,11H2,1-3H3. The fourth-order valence-corrected chi connectivity index (χ4v) is 3.00. The fourth-order valence-electron chi connectivity index (χ4n) is 1.75. The Bertz CT molecular complexity index is 153. The molecule has 0 radical (unpaired) electrons. The van der Waals surface area contributed by atoms with Crippen molar-refractivity contribution in [2.75, 3.05) is 25.4 Å². The van der Waals surface area contributed by atoms with Crippen LogP contribution in [-0.4, -0.2) is 41.1 Å². The summed E-state index contributed by atoms with van der Waals surface area (Å²) in [5.41, 5.74) is 5.96. The Kier molecular flexibility index (Phi) is 4.07. The lowest BCUT2D eigenvalue weighted by atomic mass is 10.1. The van der Waals surface area contributed by atoms with E-state index in [0.29, 0.717) is 0 Å². The van der Waals surface area contributed by atoms with E-state index in [1.165, 1.54) is 25.3 Å². The molecule has 0 aromatic rings. The quantitative estimate of drug-likeness (QED) is 0.753. The van der Waals surface area contributed by atoms with Crippen LogP contribution in [0.25, 0.3) is 0 Å². The third-order valence-electron chi connectivity index (χ3n) is 2.31. The van der Waals surface area contributed by atoms with E-state index in [2.05, 4.69) is 37.4 Å². The van der Waals surface area contributed by atoms with Gasteiger partial charge in [0.2, 0.25) is 0 Å². The Morgan fingerprint density at radius 2 is 2.23 bits per heavy atom. The lowest BCUT2D eigenvalue weighted by Gasteiger charge is -2.35. The zero-order chi connectivity index (χ0) is 9.90. The molecule has 0 aromatic carbocycles. The lowest BCUT2D eigenvalue weighted by Crippen LogP contribution is -2.49. The SMILES string of the molecule is CCC1CN(CC(C)(C)N)CCS1. The number of rotatable bonds is 3. The topological polar surface area (TPSA) is 29.3 Å². The number of nitrogens with zero attached hydrogens (tertiary/aromatic N) is 1. The molecule has 0 spiro atoms. The van der Waals surface area contributed by atoms with Crippen LogP contribution in [0.5, 0.6) is 0 Å². The van der Waals surface area contributed by atoms with E-state index in [0.717, 1.165) is 11.8 Å². The first kappa shape index (κ1) is 11.3. The lowest BCUT2D eigenvalue weighted by molar-refractivity contribution is 0.231. The monoisotopic (exact) mass is 202 g/mol. The molecule has 0 bridgehead atoms. The highest BCUT2D eigenvalue weighted by atomic mass is 32.2. The molecule has 2 nitrogen and oxygen atoms in total. The zero-order valence-corrected chi connectivity index (χ0v) is 9.86. The van der Waals surface area contributed by atoms with E-state index in [4.69, 9.17) is 5.73 Å². The molecule has 0 saturated carbocycles. The van der Waals surface area contributed by atoms with E-state index in [1.807, 2.05) is 0 Å². The van der Waals surface area contributed by atoms with Gasteiger partial charge in [-0.1, -0.05) is 6.92 Å². The summed E-state index contributed by atoms with van der Waals surface area (Å²) in [5.74, 6) is 1.27. The van der Waals surface area contributed by atoms with Gasteiger partial charge in [0, 0.05) is 36.2 Å². The van der Waals surface area contributed by atoms with E-state index in [1.54, 1.807) is 0 Å². The molecule has 3 heteroatoms. The average molecular weight is 202 g/mol. The Hall–Kier alpha value is 0.270. The maximum absolute atomic E-state index is 6.00. The van der Waals surface area contributed by atoms with Crippen molar-refractivity contribution in [3.05, 3.63) is 0 Å². The van der Waals surface area contributed by atoms with Crippen molar-refractivity contribution in [1.29, 1.82) is 0 Å². The van der Waals surface area contributed by atoms with Gasteiger partial charge in [0.05, 0.1) is 0 Å². The molecule has 1 heterocycles. The minimum Gasteiger partial charge on any atom is -0.324 e. The molecular formula is C10H22N2S. The summed E-state index contributed by atoms with van der Waals surface area (Å²) in [7, 11) is 0. The number of hydrogen-bond acceptors (Lipinski definition) is 3. The van der Waals surface area contributed by atoms with Crippen LogP contribution >= 0.6 is 11.8 Å². The number of thioether (sulfide) groups is 1. The minimum atomic E-state index is -0.0414. The van der Waals surface area contributed by atoms with Crippen LogP contribution in [0.3, 0.4) is 0 Å². The molecular weight excluding hydrogens is 180 g/mol. The summed E-state index contributed by atoms with van der Waals surface area (Å²) in [6.07, 6.45) is 1.28. The van der Waals surface area contributed by atoms with Crippen LogP contribution in [-0.2, 0) is 0 Å². The predicted molar refractivity (Wildman–Crippen MR) is 61.2 cm³/mol. The second-order valence-corrected chi connectivity index (χ2v) is 6.03. The molecule has 2 N–H and O–H groups in total. The van der Waals surface area contributed by atoms with Crippen molar-refractivity contribution >= 4 is 11.8 Å². The summed E-state index contributed by atoms with van der Waals surface area (Å²) in [5, 5.41) is 0.830. The molecule has 1 unspecified atom stereocenters. The van der Waals surface area contributed by atoms with Crippen molar-refractivity contribution in [1.82, 2.24) is 4.90 Å². The highest BCUT2D eigenvalue weighted by Crippen LogP contribution is 2.21. The van der Waals surface area contributed by atoms with Crippen molar-refractivity contribution in [2.45, 2.75) is 38.0 Å². The van der Waals surface area contributed by atoms with Gasteiger partial charge in [-0.25, -0.2) is 0 Å². The second kappa shape index (κ2) is 4.67. The first-order valence-electron chi connectivity index (χ1n) is 5.14. The van der Waals surface area contributed by atoms with Gasteiger partial charge in [-0.2, -0.15) is 11.8 Å². The summed E-state index contributed by atoms with van der Waals surface area (Å²) < 4.78 is 0. The third kappa shape index (κ3) is 4.34. The maximum Gasteiger partial charge on any atom is 0.0226 e. The third-order valence-corrected chi connectivity index (χ3v) is 3.68. The minimum absolute atomic E-state index is 0.0414. The Balaban J connectivity index is 2.34. The first-order chi connectivity index (χ1) is 6.01. The van der Waals surface area contributed by atoms with Gasteiger partial charge in [-0.15, -0.1) is 0 Å². The van der Waals surface area contributed by atoms with E-state index >= 15 is 0 Å². The molecule has 0 aliphatic carbocycles. The highest BCUT2D eigenvalue weighted by molar-refractivity contribution is 8.00. The average Bonchev–Trinajstić information content (AvgIpc) is 2.01.